The van der Waals surface area contributed by atoms with E-state index in [0.717, 1.165) is 6.07 Å². The van der Waals surface area contributed by atoms with E-state index in [1.54, 1.807) is 6.92 Å². The van der Waals surface area contributed by atoms with Crippen LogP contribution in [0.5, 0.6) is 0 Å². The minimum Gasteiger partial charge on any atom is -0.372 e. The van der Waals surface area contributed by atoms with Crippen LogP contribution in [0.2, 0.25) is 0 Å². The van der Waals surface area contributed by atoms with E-state index in [2.05, 4.69) is 0 Å². The van der Waals surface area contributed by atoms with Crippen LogP contribution in [0.3, 0.4) is 0 Å². The van der Waals surface area contributed by atoms with Crippen LogP contribution in [0, 0.1) is 0 Å². The Morgan fingerprint density at radius 2 is 1.84 bits per heavy atom. The summed E-state index contributed by atoms with van der Waals surface area (Å²) in [6.07, 6.45) is 0. The van der Waals surface area contributed by atoms with Gasteiger partial charge in [-0.2, -0.15) is 13.2 Å². The lowest BCUT2D eigenvalue weighted by Gasteiger charge is -2.24. The van der Waals surface area contributed by atoms with Gasteiger partial charge in [-0.25, -0.2) is 8.42 Å². The van der Waals surface area contributed by atoms with Gasteiger partial charge in [0, 0.05) is 19.6 Å². The predicted molar refractivity (Wildman–Crippen MR) is 66.6 cm³/mol. The van der Waals surface area contributed by atoms with Crippen LogP contribution in [-0.2, 0) is 9.84 Å². The molecule has 19 heavy (non-hydrogen) atoms. The van der Waals surface area contributed by atoms with Crippen molar-refractivity contribution in [2.24, 2.45) is 5.73 Å². The lowest BCUT2D eigenvalue weighted by Crippen LogP contribution is -2.34. The molecule has 0 aliphatic carbocycles. The maximum Gasteiger partial charge on any atom is 0.501 e. The summed E-state index contributed by atoms with van der Waals surface area (Å²) >= 11 is 0. The highest BCUT2D eigenvalue weighted by atomic mass is 32.2. The van der Waals surface area contributed by atoms with Crippen molar-refractivity contribution in [3.63, 3.8) is 0 Å². The number of nitrogens with zero attached hydrogens (tertiary/aromatic N) is 1. The number of sulfone groups is 1. The second-order valence-electron chi connectivity index (χ2n) is 4.27. The van der Waals surface area contributed by atoms with Crippen molar-refractivity contribution in [2.45, 2.75) is 23.4 Å². The summed E-state index contributed by atoms with van der Waals surface area (Å²) in [7, 11) is -3.88. The first kappa shape index (κ1) is 15.8. The van der Waals surface area contributed by atoms with Gasteiger partial charge in [-0.15, -0.1) is 0 Å². The third-order valence-corrected chi connectivity index (χ3v) is 3.97. The lowest BCUT2D eigenvalue weighted by molar-refractivity contribution is -0.0435. The Kier molecular flexibility index (Phi) is 4.46. The second kappa shape index (κ2) is 5.38. The van der Waals surface area contributed by atoms with Gasteiger partial charge in [0.05, 0.1) is 10.6 Å². The van der Waals surface area contributed by atoms with Crippen LogP contribution in [0.25, 0.3) is 0 Å². The van der Waals surface area contributed by atoms with Crippen molar-refractivity contribution in [2.75, 3.05) is 18.5 Å². The summed E-state index contributed by atoms with van der Waals surface area (Å²) in [6, 6.07) is 4.69. The molecule has 0 aromatic heterocycles. The molecule has 0 radical (unpaired) electrons. The average Bonchev–Trinajstić information content (AvgIpc) is 2.26. The SMILES string of the molecule is CC(N)CN(C)c1ccccc1S(=O)(=O)C(F)(F)F. The molecule has 2 N–H and O–H groups in total. The van der Waals surface area contributed by atoms with Crippen LogP contribution in [-0.4, -0.2) is 33.6 Å². The number of benzene rings is 1. The fourth-order valence-corrected chi connectivity index (χ4v) is 2.66. The van der Waals surface area contributed by atoms with Crippen molar-refractivity contribution in [3.8, 4) is 0 Å². The second-order valence-corrected chi connectivity index (χ2v) is 6.18. The number of anilines is 1. The normalized spacial score (nSPS) is 14.2. The van der Waals surface area contributed by atoms with Crippen LogP contribution in [0.15, 0.2) is 29.2 Å². The van der Waals surface area contributed by atoms with Gasteiger partial charge < -0.3 is 10.6 Å². The molecule has 0 aliphatic heterocycles. The number of nitrogens with two attached hydrogens (primary N) is 1. The Hall–Kier alpha value is -1.28. The fourth-order valence-electron chi connectivity index (χ4n) is 1.65. The van der Waals surface area contributed by atoms with Crippen LogP contribution in [0.1, 0.15) is 6.92 Å². The number of likely N-dealkylation sites (N-methyl/N-ethyl adjacent to an activating group) is 1. The molecule has 0 heterocycles. The van der Waals surface area contributed by atoms with Gasteiger partial charge >= 0.3 is 5.51 Å². The lowest BCUT2D eigenvalue weighted by atomic mass is 10.2. The third kappa shape index (κ3) is 3.38. The zero-order valence-electron chi connectivity index (χ0n) is 10.5. The molecule has 0 spiro atoms. The highest BCUT2D eigenvalue weighted by Crippen LogP contribution is 2.35. The van der Waals surface area contributed by atoms with E-state index in [-0.39, 0.29) is 18.3 Å². The van der Waals surface area contributed by atoms with Crippen molar-refractivity contribution in [1.82, 2.24) is 0 Å². The molecule has 0 saturated carbocycles. The first-order valence-corrected chi connectivity index (χ1v) is 6.93. The Labute approximate surface area is 109 Å². The van der Waals surface area contributed by atoms with Gasteiger partial charge in [0.15, 0.2) is 0 Å². The Balaban J connectivity index is 3.32. The van der Waals surface area contributed by atoms with Gasteiger partial charge in [-0.3, -0.25) is 0 Å². The zero-order valence-corrected chi connectivity index (χ0v) is 11.3. The molecular formula is C11H15F3N2O2S. The number of para-hydroxylation sites is 1. The number of rotatable bonds is 4. The summed E-state index contributed by atoms with van der Waals surface area (Å²) in [5.74, 6) is 0. The maximum absolute atomic E-state index is 12.6. The Morgan fingerprint density at radius 3 is 2.32 bits per heavy atom. The number of alkyl halides is 3. The topological polar surface area (TPSA) is 63.4 Å². The third-order valence-electron chi connectivity index (χ3n) is 2.43. The summed E-state index contributed by atoms with van der Waals surface area (Å²) in [5.41, 5.74) is 0.225. The van der Waals surface area contributed by atoms with Gasteiger partial charge in [0.2, 0.25) is 0 Å². The van der Waals surface area contributed by atoms with Gasteiger partial charge in [-0.1, -0.05) is 12.1 Å². The van der Waals surface area contributed by atoms with Crippen molar-refractivity contribution < 1.29 is 21.6 Å². The number of hydrogen-bond donors (Lipinski definition) is 1. The molecule has 1 aromatic carbocycles. The number of halogens is 3. The van der Waals surface area contributed by atoms with Gasteiger partial charge in [0.25, 0.3) is 9.84 Å². The summed E-state index contributed by atoms with van der Waals surface area (Å²) in [6.45, 7) is 1.92. The monoisotopic (exact) mass is 296 g/mol. The molecule has 1 aromatic rings. The van der Waals surface area contributed by atoms with Crippen molar-refractivity contribution >= 4 is 15.5 Å². The largest absolute Gasteiger partial charge is 0.501 e. The van der Waals surface area contributed by atoms with Crippen LogP contribution in [0.4, 0.5) is 18.9 Å². The van der Waals surface area contributed by atoms with E-state index in [0.29, 0.717) is 0 Å². The van der Waals surface area contributed by atoms with E-state index < -0.39 is 20.2 Å². The smallest absolute Gasteiger partial charge is 0.372 e. The van der Waals surface area contributed by atoms with Crippen molar-refractivity contribution in [3.05, 3.63) is 24.3 Å². The van der Waals surface area contributed by atoms with Crippen molar-refractivity contribution in [1.29, 1.82) is 0 Å². The molecule has 108 valence electrons. The molecule has 0 fully saturated rings. The molecule has 8 heteroatoms. The molecule has 1 rings (SSSR count). The number of hydrogen-bond acceptors (Lipinski definition) is 4. The summed E-state index contributed by atoms with van der Waals surface area (Å²) < 4.78 is 60.7. The van der Waals surface area contributed by atoms with Gasteiger partial charge in [-0.05, 0) is 19.1 Å². The molecule has 1 unspecified atom stereocenters. The maximum atomic E-state index is 12.6. The predicted octanol–water partition coefficient (Wildman–Crippen LogP) is 1.76. The standard InChI is InChI=1S/C11H15F3N2O2S/c1-8(15)7-16(2)9-5-3-4-6-10(9)19(17,18)11(12,13)14/h3-6,8H,7,15H2,1-2H3. The van der Waals surface area contributed by atoms with E-state index in [1.165, 1.54) is 30.1 Å². The van der Waals surface area contributed by atoms with Crippen LogP contribution < -0.4 is 10.6 Å². The minimum atomic E-state index is -5.37. The fraction of sp³-hybridized carbons (Fsp3) is 0.455. The van der Waals surface area contributed by atoms with E-state index in [1.807, 2.05) is 0 Å². The molecule has 0 saturated heterocycles. The summed E-state index contributed by atoms with van der Waals surface area (Å²) in [4.78, 5) is 0.633. The highest BCUT2D eigenvalue weighted by Gasteiger charge is 2.48. The Morgan fingerprint density at radius 1 is 1.32 bits per heavy atom. The van der Waals surface area contributed by atoms with E-state index >= 15 is 0 Å². The molecular weight excluding hydrogens is 281 g/mol. The summed E-state index contributed by atoms with van der Waals surface area (Å²) in [5, 5.41) is 0. The van der Waals surface area contributed by atoms with Crippen LogP contribution >= 0.6 is 0 Å². The van der Waals surface area contributed by atoms with E-state index in [9.17, 15) is 21.6 Å². The first-order chi connectivity index (χ1) is 8.57. The van der Waals surface area contributed by atoms with Gasteiger partial charge in [0.1, 0.15) is 0 Å². The quantitative estimate of drug-likeness (QED) is 0.919. The highest BCUT2D eigenvalue weighted by molar-refractivity contribution is 7.92. The molecule has 1 atom stereocenters. The Bertz CT molecular complexity index is 541. The molecule has 0 amide bonds. The molecule has 4 nitrogen and oxygen atoms in total. The first-order valence-electron chi connectivity index (χ1n) is 5.44. The average molecular weight is 296 g/mol. The molecule has 0 bridgehead atoms. The minimum absolute atomic E-state index is 0.0166. The molecule has 0 aliphatic rings. The zero-order chi connectivity index (χ0) is 14.8. The van der Waals surface area contributed by atoms with E-state index in [4.69, 9.17) is 5.73 Å².